The lowest BCUT2D eigenvalue weighted by Crippen LogP contribution is -2.11. The lowest BCUT2D eigenvalue weighted by molar-refractivity contribution is -0.138. The van der Waals surface area contributed by atoms with Crippen molar-refractivity contribution in [3.05, 3.63) is 70.0 Å². The van der Waals surface area contributed by atoms with Crippen LogP contribution < -0.4 is 5.32 Å². The minimum Gasteiger partial charge on any atom is -0.365 e. The highest BCUT2D eigenvalue weighted by atomic mass is 79.9. The van der Waals surface area contributed by atoms with Gasteiger partial charge >= 0.3 is 6.18 Å². The molecule has 0 fully saturated rings. The van der Waals surface area contributed by atoms with Crippen molar-refractivity contribution in [2.24, 2.45) is 0 Å². The van der Waals surface area contributed by atoms with Crippen LogP contribution in [0.5, 0.6) is 0 Å². The molecule has 2 aromatic carbocycles. The van der Waals surface area contributed by atoms with Gasteiger partial charge in [-0.1, -0.05) is 28.1 Å². The van der Waals surface area contributed by atoms with Gasteiger partial charge in [0.25, 0.3) is 0 Å². The Morgan fingerprint density at radius 2 is 2.00 bits per heavy atom. The molecule has 138 valence electrons. The minimum absolute atomic E-state index is 0.213. The number of alkyl halides is 3. The summed E-state index contributed by atoms with van der Waals surface area (Å²) in [5, 5.41) is 4.03. The van der Waals surface area contributed by atoms with Crippen LogP contribution in [0.1, 0.15) is 16.7 Å². The van der Waals surface area contributed by atoms with Crippen molar-refractivity contribution in [3.63, 3.8) is 0 Å². The van der Waals surface area contributed by atoms with Crippen molar-refractivity contribution in [1.29, 1.82) is 0 Å². The van der Waals surface area contributed by atoms with Crippen LogP contribution in [0.15, 0.2) is 53.3 Å². The molecule has 0 aliphatic rings. The van der Waals surface area contributed by atoms with E-state index in [2.05, 4.69) is 31.2 Å². The Labute approximate surface area is 161 Å². The summed E-state index contributed by atoms with van der Waals surface area (Å²) in [7, 11) is 0. The molecular weight excluding hydrogens is 421 g/mol. The maximum atomic E-state index is 13.1. The maximum Gasteiger partial charge on any atom is 0.416 e. The monoisotopic (exact) mass is 434 g/mol. The normalized spacial score (nSPS) is 12.0. The largest absolute Gasteiger partial charge is 0.416 e. The van der Waals surface area contributed by atoms with Gasteiger partial charge in [-0.25, -0.2) is 4.98 Å². The molecule has 4 aromatic rings. The summed E-state index contributed by atoms with van der Waals surface area (Å²) in [5.74, 6) is 1.09. The van der Waals surface area contributed by atoms with Crippen LogP contribution in [0.2, 0.25) is 0 Å². The highest BCUT2D eigenvalue weighted by molar-refractivity contribution is 9.10. The van der Waals surface area contributed by atoms with Crippen molar-refractivity contribution in [2.45, 2.75) is 19.6 Å². The molecule has 0 saturated carbocycles. The van der Waals surface area contributed by atoms with Gasteiger partial charge in [-0.05, 0) is 42.3 Å². The lowest BCUT2D eigenvalue weighted by atomic mass is 10.0. The van der Waals surface area contributed by atoms with Gasteiger partial charge in [0.2, 0.25) is 5.78 Å². The zero-order valence-electron chi connectivity index (χ0n) is 14.2. The molecule has 2 heterocycles. The van der Waals surface area contributed by atoms with Crippen LogP contribution in [-0.4, -0.2) is 14.4 Å². The zero-order valence-corrected chi connectivity index (χ0v) is 15.8. The van der Waals surface area contributed by atoms with Crippen LogP contribution in [-0.2, 0) is 12.7 Å². The number of nitrogens with one attached hydrogen (secondary N) is 1. The predicted octanol–water partition coefficient (Wildman–Crippen LogP) is 5.58. The molecule has 0 atom stereocenters. The van der Waals surface area contributed by atoms with Crippen LogP contribution >= 0.6 is 15.9 Å². The Morgan fingerprint density at radius 1 is 1.19 bits per heavy atom. The van der Waals surface area contributed by atoms with Crippen LogP contribution in [0, 0.1) is 6.92 Å². The van der Waals surface area contributed by atoms with Gasteiger partial charge < -0.3 is 5.32 Å². The van der Waals surface area contributed by atoms with Crippen molar-refractivity contribution in [2.75, 3.05) is 5.32 Å². The molecule has 0 spiro atoms. The number of rotatable bonds is 3. The van der Waals surface area contributed by atoms with Crippen LogP contribution in [0.25, 0.3) is 16.7 Å². The van der Waals surface area contributed by atoms with Crippen molar-refractivity contribution >= 4 is 38.4 Å². The quantitative estimate of drug-likeness (QED) is 0.457. The van der Waals surface area contributed by atoms with E-state index in [-0.39, 0.29) is 12.1 Å². The van der Waals surface area contributed by atoms with Gasteiger partial charge in [-0.15, -0.1) is 0 Å². The van der Waals surface area contributed by atoms with Gasteiger partial charge in [0, 0.05) is 28.8 Å². The zero-order chi connectivity index (χ0) is 19.2. The molecule has 8 heteroatoms. The average Bonchev–Trinajstić information content (AvgIpc) is 3.08. The molecule has 0 radical (unpaired) electrons. The molecule has 2 aromatic heterocycles. The molecule has 0 aliphatic heterocycles. The van der Waals surface area contributed by atoms with Crippen molar-refractivity contribution in [3.8, 4) is 0 Å². The summed E-state index contributed by atoms with van der Waals surface area (Å²) in [6, 6.07) is 9.98. The first-order valence-corrected chi connectivity index (χ1v) is 8.96. The summed E-state index contributed by atoms with van der Waals surface area (Å²) in [6.45, 7) is 1.71. The van der Waals surface area contributed by atoms with Gasteiger partial charge in [-0.2, -0.15) is 18.2 Å². The summed E-state index contributed by atoms with van der Waals surface area (Å²) in [6.07, 6.45) is -0.894. The van der Waals surface area contributed by atoms with E-state index in [1.165, 1.54) is 13.0 Å². The van der Waals surface area contributed by atoms with E-state index in [0.29, 0.717) is 17.2 Å². The minimum atomic E-state index is -4.37. The molecule has 0 unspecified atom stereocenters. The van der Waals surface area contributed by atoms with Gasteiger partial charge in [-0.3, -0.25) is 4.40 Å². The summed E-state index contributed by atoms with van der Waals surface area (Å²) >= 11 is 3.45. The third-order valence-corrected chi connectivity index (χ3v) is 5.00. The van der Waals surface area contributed by atoms with E-state index < -0.39 is 11.7 Å². The van der Waals surface area contributed by atoms with Crippen LogP contribution in [0.4, 0.5) is 19.0 Å². The number of halogens is 4. The number of benzene rings is 2. The third-order valence-electron chi connectivity index (χ3n) is 4.50. The van der Waals surface area contributed by atoms with E-state index in [4.69, 9.17) is 0 Å². The fraction of sp³-hybridized carbons (Fsp3) is 0.158. The molecular formula is C19H14BrF3N4. The first-order chi connectivity index (χ1) is 12.8. The third kappa shape index (κ3) is 3.25. The Bertz CT molecular complexity index is 1150. The molecule has 0 saturated heterocycles. The second kappa shape index (κ2) is 6.53. The lowest BCUT2D eigenvalue weighted by Gasteiger charge is -2.15. The Kier molecular flexibility index (Phi) is 4.30. The average molecular weight is 435 g/mol. The molecule has 0 bridgehead atoms. The summed E-state index contributed by atoms with van der Waals surface area (Å²) in [5.41, 5.74) is 1.07. The molecule has 1 N–H and O–H groups in total. The van der Waals surface area contributed by atoms with Crippen LogP contribution in [0.3, 0.4) is 0 Å². The number of hydrogen-bond donors (Lipinski definition) is 1. The predicted molar refractivity (Wildman–Crippen MR) is 102 cm³/mol. The van der Waals surface area contributed by atoms with E-state index >= 15 is 0 Å². The second-order valence-corrected chi connectivity index (χ2v) is 7.08. The van der Waals surface area contributed by atoms with E-state index in [1.807, 2.05) is 28.8 Å². The van der Waals surface area contributed by atoms with Gasteiger partial charge in [0.05, 0.1) is 11.1 Å². The summed E-state index contributed by atoms with van der Waals surface area (Å²) < 4.78 is 42.2. The van der Waals surface area contributed by atoms with E-state index in [1.54, 1.807) is 12.3 Å². The number of aromatic nitrogens is 3. The van der Waals surface area contributed by atoms with Crippen molar-refractivity contribution < 1.29 is 13.2 Å². The van der Waals surface area contributed by atoms with Gasteiger partial charge in [0.1, 0.15) is 5.82 Å². The molecule has 27 heavy (non-hydrogen) atoms. The Hall–Kier alpha value is -2.61. The number of nitrogens with zero attached hydrogens (tertiary/aromatic N) is 3. The first-order valence-electron chi connectivity index (χ1n) is 8.16. The molecule has 4 nitrogen and oxygen atoms in total. The number of imidazole rings is 1. The Morgan fingerprint density at radius 3 is 2.78 bits per heavy atom. The first kappa shape index (κ1) is 17.8. The molecule has 4 rings (SSSR count). The standard InChI is InChI=1S/C19H14BrF3N4/c1-11-12(3-2-4-15(11)19(21,22)23)10-25-17-14-9-13(20)5-6-16(14)27-8-7-24-18(27)26-17/h2-9H,10H2,1H3,(H,24,25,26). The second-order valence-electron chi connectivity index (χ2n) is 6.16. The topological polar surface area (TPSA) is 42.2 Å². The number of anilines is 1. The highest BCUT2D eigenvalue weighted by Gasteiger charge is 2.32. The SMILES string of the molecule is Cc1c(CNc2nc3nccn3c3ccc(Br)cc23)cccc1C(F)(F)F. The van der Waals surface area contributed by atoms with E-state index in [0.717, 1.165) is 21.4 Å². The maximum absolute atomic E-state index is 13.1. The fourth-order valence-corrected chi connectivity index (χ4v) is 3.49. The highest BCUT2D eigenvalue weighted by Crippen LogP contribution is 2.33. The van der Waals surface area contributed by atoms with Gasteiger partial charge in [0.15, 0.2) is 0 Å². The van der Waals surface area contributed by atoms with Crippen molar-refractivity contribution in [1.82, 2.24) is 14.4 Å². The smallest absolute Gasteiger partial charge is 0.365 e. The molecule has 0 amide bonds. The van der Waals surface area contributed by atoms with E-state index in [9.17, 15) is 13.2 Å². The molecule has 0 aliphatic carbocycles. The Balaban J connectivity index is 1.75. The summed E-state index contributed by atoms with van der Waals surface area (Å²) in [4.78, 5) is 8.74. The number of hydrogen-bond acceptors (Lipinski definition) is 3. The fourth-order valence-electron chi connectivity index (χ4n) is 3.13. The number of fused-ring (bicyclic) bond motifs is 3.